The van der Waals surface area contributed by atoms with Gasteiger partial charge < -0.3 is 0 Å². The molecule has 2 heteroatoms. The molecule has 0 aromatic rings. The zero-order valence-corrected chi connectivity index (χ0v) is 6.36. The van der Waals surface area contributed by atoms with Crippen molar-refractivity contribution < 1.29 is 0 Å². The van der Waals surface area contributed by atoms with Crippen molar-refractivity contribution in [3.05, 3.63) is 0 Å². The number of aliphatic imine (C=N–C) groups is 2. The summed E-state index contributed by atoms with van der Waals surface area (Å²) < 4.78 is 0. The number of hydrogen-bond acceptors (Lipinski definition) is 2. The molecule has 10 heavy (non-hydrogen) atoms. The number of hydrogen-bond donors (Lipinski definition) is 0. The first-order valence-corrected chi connectivity index (χ1v) is 3.85. The summed E-state index contributed by atoms with van der Waals surface area (Å²) in [5.74, 6) is 2.13. The van der Waals surface area contributed by atoms with Gasteiger partial charge in [-0.2, -0.15) is 0 Å². The SMILES string of the molecule is CC1C2C=NC=NC1C2C. The lowest BCUT2D eigenvalue weighted by Crippen LogP contribution is -2.47. The van der Waals surface area contributed by atoms with Crippen molar-refractivity contribution >= 4 is 12.6 Å². The van der Waals surface area contributed by atoms with Crippen molar-refractivity contribution in [2.75, 3.05) is 0 Å². The van der Waals surface area contributed by atoms with Gasteiger partial charge in [0.05, 0.1) is 6.04 Å². The minimum atomic E-state index is 0.549. The molecule has 54 valence electrons. The molecule has 3 aliphatic rings. The molecule has 2 nitrogen and oxygen atoms in total. The van der Waals surface area contributed by atoms with E-state index < -0.39 is 0 Å². The van der Waals surface area contributed by atoms with Crippen LogP contribution in [0.3, 0.4) is 0 Å². The lowest BCUT2D eigenvalue weighted by molar-refractivity contribution is 0.129. The summed E-state index contributed by atoms with van der Waals surface area (Å²) in [4.78, 5) is 8.41. The molecule has 1 saturated carbocycles. The van der Waals surface area contributed by atoms with Gasteiger partial charge in [0, 0.05) is 12.1 Å². The van der Waals surface area contributed by atoms with E-state index in [1.54, 1.807) is 6.34 Å². The normalized spacial score (nSPS) is 50.2. The molecular formula is C8H12N2. The fourth-order valence-electron chi connectivity index (χ4n) is 2.06. The third-order valence-corrected chi connectivity index (χ3v) is 2.86. The Morgan fingerprint density at radius 2 is 1.90 bits per heavy atom. The molecule has 0 aromatic carbocycles. The van der Waals surface area contributed by atoms with Crippen LogP contribution in [0.25, 0.3) is 0 Å². The average Bonchev–Trinajstić information content (AvgIpc) is 2.22. The first-order valence-electron chi connectivity index (χ1n) is 3.85. The van der Waals surface area contributed by atoms with Crippen molar-refractivity contribution in [1.82, 2.24) is 0 Å². The van der Waals surface area contributed by atoms with Crippen LogP contribution in [0.4, 0.5) is 0 Å². The summed E-state index contributed by atoms with van der Waals surface area (Å²) in [6.45, 7) is 4.51. The van der Waals surface area contributed by atoms with Crippen LogP contribution in [0, 0.1) is 17.8 Å². The fourth-order valence-corrected chi connectivity index (χ4v) is 2.06. The van der Waals surface area contributed by atoms with E-state index in [1.807, 2.05) is 6.21 Å². The van der Waals surface area contributed by atoms with Gasteiger partial charge in [-0.15, -0.1) is 0 Å². The highest BCUT2D eigenvalue weighted by Gasteiger charge is 2.44. The average molecular weight is 136 g/mol. The highest BCUT2D eigenvalue weighted by molar-refractivity contribution is 5.77. The van der Waals surface area contributed by atoms with Crippen LogP contribution in [0.2, 0.25) is 0 Å². The van der Waals surface area contributed by atoms with Gasteiger partial charge in [0.15, 0.2) is 0 Å². The summed E-state index contributed by atoms with van der Waals surface area (Å²) in [6.07, 6.45) is 3.74. The third kappa shape index (κ3) is 0.591. The van der Waals surface area contributed by atoms with E-state index in [1.165, 1.54) is 0 Å². The highest BCUT2D eigenvalue weighted by atomic mass is 15.0. The Morgan fingerprint density at radius 1 is 1.20 bits per heavy atom. The summed E-state index contributed by atoms with van der Waals surface area (Å²) in [5.41, 5.74) is 0. The number of fused-ring (bicyclic) bond motifs is 1. The lowest BCUT2D eigenvalue weighted by atomic mass is 9.63. The molecule has 3 rings (SSSR count). The molecule has 0 radical (unpaired) electrons. The Morgan fingerprint density at radius 3 is 2.60 bits per heavy atom. The number of nitrogens with zero attached hydrogens (tertiary/aromatic N) is 2. The minimum Gasteiger partial charge on any atom is -0.270 e. The predicted octanol–water partition coefficient (Wildman–Crippen LogP) is 1.37. The topological polar surface area (TPSA) is 24.7 Å². The molecular weight excluding hydrogens is 124 g/mol. The Labute approximate surface area is 61.1 Å². The van der Waals surface area contributed by atoms with E-state index in [0.29, 0.717) is 12.0 Å². The van der Waals surface area contributed by atoms with E-state index in [0.717, 1.165) is 11.8 Å². The van der Waals surface area contributed by atoms with E-state index in [-0.39, 0.29) is 0 Å². The van der Waals surface area contributed by atoms with Gasteiger partial charge in [0.2, 0.25) is 0 Å². The van der Waals surface area contributed by atoms with Crippen molar-refractivity contribution in [1.29, 1.82) is 0 Å². The Hall–Kier alpha value is -0.660. The van der Waals surface area contributed by atoms with Crippen LogP contribution >= 0.6 is 0 Å². The second-order valence-electron chi connectivity index (χ2n) is 3.35. The third-order valence-electron chi connectivity index (χ3n) is 2.86. The van der Waals surface area contributed by atoms with Crippen LogP contribution < -0.4 is 0 Å². The first kappa shape index (κ1) is 6.08. The van der Waals surface area contributed by atoms with Crippen molar-refractivity contribution in [2.24, 2.45) is 27.7 Å². The maximum absolute atomic E-state index is 4.33. The largest absolute Gasteiger partial charge is 0.270 e. The van der Waals surface area contributed by atoms with Crippen molar-refractivity contribution in [2.45, 2.75) is 19.9 Å². The molecule has 1 aliphatic carbocycles. The van der Waals surface area contributed by atoms with E-state index in [9.17, 15) is 0 Å². The van der Waals surface area contributed by atoms with Crippen LogP contribution in [-0.2, 0) is 0 Å². The first-order chi connectivity index (χ1) is 4.80. The van der Waals surface area contributed by atoms with Gasteiger partial charge in [-0.05, 0) is 11.8 Å². The van der Waals surface area contributed by atoms with Crippen LogP contribution in [0.15, 0.2) is 9.98 Å². The van der Waals surface area contributed by atoms with Gasteiger partial charge in [-0.3, -0.25) is 4.99 Å². The molecule has 2 aliphatic heterocycles. The van der Waals surface area contributed by atoms with Crippen molar-refractivity contribution in [3.63, 3.8) is 0 Å². The summed E-state index contributed by atoms with van der Waals surface area (Å²) in [5, 5.41) is 0. The van der Waals surface area contributed by atoms with Crippen LogP contribution in [0.5, 0.6) is 0 Å². The van der Waals surface area contributed by atoms with Gasteiger partial charge in [-0.25, -0.2) is 4.99 Å². The molecule has 2 unspecified atom stereocenters. The van der Waals surface area contributed by atoms with E-state index in [2.05, 4.69) is 23.8 Å². The second-order valence-corrected chi connectivity index (χ2v) is 3.35. The standard InChI is InChI=1S/C8H12N2/c1-5-7-3-9-4-10-8(5)6(7)2/h3-8H,1-2H3. The lowest BCUT2D eigenvalue weighted by Gasteiger charge is -2.43. The second kappa shape index (κ2) is 1.91. The summed E-state index contributed by atoms with van der Waals surface area (Å²) in [7, 11) is 0. The van der Waals surface area contributed by atoms with Crippen LogP contribution in [0.1, 0.15) is 13.8 Å². The van der Waals surface area contributed by atoms with Crippen molar-refractivity contribution in [3.8, 4) is 0 Å². The fraction of sp³-hybridized carbons (Fsp3) is 0.750. The summed E-state index contributed by atoms with van der Waals surface area (Å²) in [6, 6.07) is 0.549. The van der Waals surface area contributed by atoms with Gasteiger partial charge in [-0.1, -0.05) is 13.8 Å². The summed E-state index contributed by atoms with van der Waals surface area (Å²) >= 11 is 0. The molecule has 2 bridgehead atoms. The van der Waals surface area contributed by atoms with E-state index >= 15 is 0 Å². The van der Waals surface area contributed by atoms with Gasteiger partial charge in [0.25, 0.3) is 0 Å². The molecule has 0 spiro atoms. The molecule has 1 fully saturated rings. The zero-order chi connectivity index (χ0) is 7.14. The Balaban J connectivity index is 2.27. The van der Waals surface area contributed by atoms with Crippen LogP contribution in [-0.4, -0.2) is 18.6 Å². The van der Waals surface area contributed by atoms with Gasteiger partial charge in [0.1, 0.15) is 6.34 Å². The monoisotopic (exact) mass is 136 g/mol. The Kier molecular flexibility index (Phi) is 1.16. The highest BCUT2D eigenvalue weighted by Crippen LogP contribution is 2.41. The Bertz CT molecular complexity index is 165. The number of rotatable bonds is 0. The van der Waals surface area contributed by atoms with Gasteiger partial charge >= 0.3 is 0 Å². The predicted molar refractivity (Wildman–Crippen MR) is 42.6 cm³/mol. The molecule has 0 aromatic heterocycles. The molecule has 2 atom stereocenters. The smallest absolute Gasteiger partial charge is 0.109 e. The molecule has 0 saturated heterocycles. The zero-order valence-electron chi connectivity index (χ0n) is 6.36. The quantitative estimate of drug-likeness (QED) is 0.480. The molecule has 0 amide bonds. The maximum Gasteiger partial charge on any atom is 0.109 e. The van der Waals surface area contributed by atoms with E-state index in [4.69, 9.17) is 0 Å². The maximum atomic E-state index is 4.33. The molecule has 0 N–H and O–H groups in total. The molecule has 2 heterocycles. The minimum absolute atomic E-state index is 0.549.